The summed E-state index contributed by atoms with van der Waals surface area (Å²) >= 11 is 0. The third-order valence-corrected chi connectivity index (χ3v) is 6.23. The molecule has 7 nitrogen and oxygen atoms in total. The number of guanidine groups is 1. The lowest BCUT2D eigenvalue weighted by atomic mass is 10.1. The van der Waals surface area contributed by atoms with Crippen molar-refractivity contribution in [2.24, 2.45) is 4.99 Å². The lowest BCUT2D eigenvalue weighted by molar-refractivity contribution is 0.122. The van der Waals surface area contributed by atoms with Crippen LogP contribution in [-0.2, 0) is 27.5 Å². The number of rotatable bonds is 7. The molecule has 1 heterocycles. The minimum atomic E-state index is -3.18. The van der Waals surface area contributed by atoms with Crippen LogP contribution in [0.25, 0.3) is 0 Å². The Hall–Kier alpha value is -1.92. The summed E-state index contributed by atoms with van der Waals surface area (Å²) < 4.78 is 42.9. The first-order chi connectivity index (χ1) is 14.9. The smallest absolute Gasteiger partial charge is 0.191 e. The first-order valence-electron chi connectivity index (χ1n) is 10.2. The second-order valence-corrected chi connectivity index (χ2v) is 9.42. The maximum Gasteiger partial charge on any atom is 0.191 e. The van der Waals surface area contributed by atoms with Crippen LogP contribution in [0.2, 0.25) is 0 Å². The summed E-state index contributed by atoms with van der Waals surface area (Å²) in [6, 6.07) is 12.1. The molecule has 3 rings (SSSR count). The zero-order valence-electron chi connectivity index (χ0n) is 18.3. The Bertz CT molecular complexity index is 1010. The molecule has 0 bridgehead atoms. The van der Waals surface area contributed by atoms with Crippen molar-refractivity contribution in [3.63, 3.8) is 0 Å². The fraction of sp³-hybridized carbons (Fsp3) is 0.409. The van der Waals surface area contributed by atoms with Crippen LogP contribution < -0.4 is 15.5 Å². The van der Waals surface area contributed by atoms with E-state index in [0.717, 1.165) is 11.1 Å². The van der Waals surface area contributed by atoms with Gasteiger partial charge in [-0.1, -0.05) is 18.2 Å². The van der Waals surface area contributed by atoms with E-state index in [1.807, 2.05) is 29.2 Å². The number of nitrogens with zero attached hydrogens (tertiary/aromatic N) is 2. The van der Waals surface area contributed by atoms with E-state index in [9.17, 15) is 12.8 Å². The van der Waals surface area contributed by atoms with Gasteiger partial charge in [-0.2, -0.15) is 0 Å². The van der Waals surface area contributed by atoms with Crippen molar-refractivity contribution in [2.45, 2.75) is 17.9 Å². The molecular formula is C22H30FIN4O3S. The fourth-order valence-electron chi connectivity index (χ4n) is 3.36. The summed E-state index contributed by atoms with van der Waals surface area (Å²) in [5.74, 6) is 0.382. The molecular weight excluding hydrogens is 546 g/mol. The van der Waals surface area contributed by atoms with Gasteiger partial charge in [0.2, 0.25) is 0 Å². The average molecular weight is 576 g/mol. The summed E-state index contributed by atoms with van der Waals surface area (Å²) in [6.07, 6.45) is 1.91. The lowest BCUT2D eigenvalue weighted by Crippen LogP contribution is -2.38. The number of morpholine rings is 1. The van der Waals surface area contributed by atoms with Crippen molar-refractivity contribution >= 4 is 45.5 Å². The van der Waals surface area contributed by atoms with Crippen LogP contribution in [0.4, 0.5) is 10.1 Å². The van der Waals surface area contributed by atoms with Gasteiger partial charge in [-0.3, -0.25) is 4.99 Å². The highest BCUT2D eigenvalue weighted by atomic mass is 127. The third-order valence-electron chi connectivity index (χ3n) is 5.11. The maximum atomic E-state index is 14.5. The van der Waals surface area contributed by atoms with Crippen molar-refractivity contribution in [3.8, 4) is 0 Å². The van der Waals surface area contributed by atoms with Crippen LogP contribution in [-0.4, -0.2) is 60.5 Å². The predicted molar refractivity (Wildman–Crippen MR) is 136 cm³/mol. The van der Waals surface area contributed by atoms with Gasteiger partial charge in [0.25, 0.3) is 0 Å². The molecule has 0 aliphatic carbocycles. The highest BCUT2D eigenvalue weighted by Crippen LogP contribution is 2.21. The standard InChI is InChI=1S/C22H29FN4O3S.HI/c1-24-22(25-10-9-17-3-6-19(7-4-17)31(2,28)29)26-16-18-5-8-21(20(23)15-18)27-11-13-30-14-12-27;/h3-8,15H,9-14,16H2,1-2H3,(H2,24,25,26);1H. The molecule has 0 atom stereocenters. The number of ether oxygens (including phenoxy) is 1. The minimum Gasteiger partial charge on any atom is -0.378 e. The lowest BCUT2D eigenvalue weighted by Gasteiger charge is -2.29. The SMILES string of the molecule is CN=C(NCCc1ccc(S(C)(=O)=O)cc1)NCc1ccc(N2CCOCC2)c(F)c1.I. The molecule has 0 aromatic heterocycles. The zero-order chi connectivity index (χ0) is 22.3. The quantitative estimate of drug-likeness (QED) is 0.300. The molecule has 0 spiro atoms. The van der Waals surface area contributed by atoms with Gasteiger partial charge in [0.15, 0.2) is 15.8 Å². The van der Waals surface area contributed by atoms with E-state index >= 15 is 0 Å². The Balaban J connectivity index is 0.00000363. The Kier molecular flexibility index (Phi) is 10.2. The van der Waals surface area contributed by atoms with E-state index in [4.69, 9.17) is 4.74 Å². The van der Waals surface area contributed by atoms with E-state index in [2.05, 4.69) is 15.6 Å². The van der Waals surface area contributed by atoms with Gasteiger partial charge in [-0.15, -0.1) is 24.0 Å². The molecule has 1 aliphatic rings. The topological polar surface area (TPSA) is 83.0 Å². The first-order valence-corrected chi connectivity index (χ1v) is 12.1. The van der Waals surface area contributed by atoms with Crippen LogP contribution >= 0.6 is 24.0 Å². The van der Waals surface area contributed by atoms with E-state index in [1.54, 1.807) is 25.2 Å². The monoisotopic (exact) mass is 576 g/mol. The number of hydrogen-bond acceptors (Lipinski definition) is 5. The number of halogens is 2. The van der Waals surface area contributed by atoms with E-state index in [1.165, 1.54) is 6.26 Å². The summed E-state index contributed by atoms with van der Waals surface area (Å²) in [6.45, 7) is 3.70. The molecule has 1 aliphatic heterocycles. The molecule has 2 aromatic rings. The number of hydrogen-bond donors (Lipinski definition) is 2. The van der Waals surface area contributed by atoms with Gasteiger partial charge in [-0.25, -0.2) is 12.8 Å². The molecule has 0 radical (unpaired) electrons. The third kappa shape index (κ3) is 7.59. The summed E-state index contributed by atoms with van der Waals surface area (Å²) in [4.78, 5) is 6.51. The minimum absolute atomic E-state index is 0. The van der Waals surface area contributed by atoms with E-state index in [-0.39, 0.29) is 29.8 Å². The number of sulfone groups is 1. The highest BCUT2D eigenvalue weighted by Gasteiger charge is 2.15. The van der Waals surface area contributed by atoms with E-state index in [0.29, 0.717) is 62.4 Å². The number of aliphatic imine (C=N–C) groups is 1. The first kappa shape index (κ1) is 26.3. The van der Waals surface area contributed by atoms with Gasteiger partial charge in [-0.05, 0) is 41.8 Å². The fourth-order valence-corrected chi connectivity index (χ4v) is 3.99. The molecule has 2 N–H and O–H groups in total. The van der Waals surface area contributed by atoms with Gasteiger partial charge in [0, 0.05) is 39.5 Å². The summed E-state index contributed by atoms with van der Waals surface area (Å²) in [7, 11) is -1.50. The maximum absolute atomic E-state index is 14.5. The molecule has 0 amide bonds. The van der Waals surface area contributed by atoms with Gasteiger partial charge >= 0.3 is 0 Å². The molecule has 2 aromatic carbocycles. The van der Waals surface area contributed by atoms with Crippen LogP contribution in [0.3, 0.4) is 0 Å². The van der Waals surface area contributed by atoms with Crippen LogP contribution in [0.15, 0.2) is 52.4 Å². The van der Waals surface area contributed by atoms with Crippen LogP contribution in [0.5, 0.6) is 0 Å². The number of anilines is 1. The van der Waals surface area contributed by atoms with Gasteiger partial charge in [0.1, 0.15) is 5.82 Å². The molecule has 176 valence electrons. The molecule has 0 unspecified atom stereocenters. The molecule has 32 heavy (non-hydrogen) atoms. The summed E-state index contributed by atoms with van der Waals surface area (Å²) in [5.41, 5.74) is 2.46. The zero-order valence-corrected chi connectivity index (χ0v) is 21.5. The normalized spacial score (nSPS) is 14.6. The van der Waals surface area contributed by atoms with Gasteiger partial charge in [0.05, 0.1) is 23.8 Å². The molecule has 1 fully saturated rings. The summed E-state index contributed by atoms with van der Waals surface area (Å²) in [5, 5.41) is 6.40. The van der Waals surface area contributed by atoms with E-state index < -0.39 is 9.84 Å². The highest BCUT2D eigenvalue weighted by molar-refractivity contribution is 14.0. The second-order valence-electron chi connectivity index (χ2n) is 7.40. The van der Waals surface area contributed by atoms with Crippen molar-refractivity contribution in [1.82, 2.24) is 10.6 Å². The second kappa shape index (κ2) is 12.4. The number of benzene rings is 2. The largest absolute Gasteiger partial charge is 0.378 e. The molecule has 1 saturated heterocycles. The Morgan fingerprint density at radius 2 is 1.75 bits per heavy atom. The Labute approximate surface area is 206 Å². The van der Waals surface area contributed by atoms with Crippen molar-refractivity contribution < 1.29 is 17.5 Å². The van der Waals surface area contributed by atoms with Crippen molar-refractivity contribution in [3.05, 3.63) is 59.4 Å². The predicted octanol–water partition coefficient (Wildman–Crippen LogP) is 2.59. The number of nitrogens with one attached hydrogen (secondary N) is 2. The van der Waals surface area contributed by atoms with Crippen LogP contribution in [0.1, 0.15) is 11.1 Å². The average Bonchev–Trinajstić information content (AvgIpc) is 2.76. The van der Waals surface area contributed by atoms with Crippen molar-refractivity contribution in [1.29, 1.82) is 0 Å². The van der Waals surface area contributed by atoms with Crippen molar-refractivity contribution in [2.75, 3.05) is 51.1 Å². The molecule has 0 saturated carbocycles. The Morgan fingerprint density at radius 3 is 2.34 bits per heavy atom. The Morgan fingerprint density at radius 1 is 1.09 bits per heavy atom. The van der Waals surface area contributed by atoms with Crippen LogP contribution in [0, 0.1) is 5.82 Å². The molecule has 10 heteroatoms. The van der Waals surface area contributed by atoms with Gasteiger partial charge < -0.3 is 20.3 Å².